The highest BCUT2D eigenvalue weighted by Crippen LogP contribution is 2.23. The minimum atomic E-state index is -0.500. The molecule has 0 aromatic heterocycles. The summed E-state index contributed by atoms with van der Waals surface area (Å²) in [5.74, 6) is -0.279. The first kappa shape index (κ1) is 13.5. The Morgan fingerprint density at radius 2 is 2.06 bits per heavy atom. The molecule has 0 amide bonds. The molecule has 0 aromatic carbocycles. The van der Waals surface area contributed by atoms with Gasteiger partial charge in [0.15, 0.2) is 0 Å². The van der Waals surface area contributed by atoms with Gasteiger partial charge in [0.05, 0.1) is 6.61 Å². The Morgan fingerprint density at radius 1 is 1.44 bits per heavy atom. The summed E-state index contributed by atoms with van der Waals surface area (Å²) in [6, 6.07) is 0.117. The standard InChI is InChI=1S/C12H24N2O2/c1-3-14(10-7-5-6-8-10)9-11(13)12(15)16-4-2/h10-11H,3-9,13H2,1-2H3. The summed E-state index contributed by atoms with van der Waals surface area (Å²) in [5, 5.41) is 0. The Labute approximate surface area is 98.1 Å². The highest BCUT2D eigenvalue weighted by molar-refractivity contribution is 5.75. The monoisotopic (exact) mass is 228 g/mol. The van der Waals surface area contributed by atoms with Gasteiger partial charge in [-0.2, -0.15) is 0 Å². The zero-order valence-electron chi connectivity index (χ0n) is 10.4. The molecule has 4 heteroatoms. The number of hydrogen-bond donors (Lipinski definition) is 1. The van der Waals surface area contributed by atoms with Crippen LogP contribution in [0.4, 0.5) is 0 Å². The fourth-order valence-electron chi connectivity index (χ4n) is 2.38. The third kappa shape index (κ3) is 3.76. The van der Waals surface area contributed by atoms with Crippen molar-refractivity contribution in [3.63, 3.8) is 0 Å². The van der Waals surface area contributed by atoms with Crippen LogP contribution in [-0.2, 0) is 9.53 Å². The summed E-state index contributed by atoms with van der Waals surface area (Å²) in [6.45, 7) is 5.91. The van der Waals surface area contributed by atoms with Gasteiger partial charge in [0, 0.05) is 12.6 Å². The zero-order valence-corrected chi connectivity index (χ0v) is 10.4. The van der Waals surface area contributed by atoms with Crippen LogP contribution < -0.4 is 5.73 Å². The maximum absolute atomic E-state index is 11.4. The largest absolute Gasteiger partial charge is 0.465 e. The average Bonchev–Trinajstić information content (AvgIpc) is 2.79. The molecule has 0 aromatic rings. The molecule has 0 bridgehead atoms. The fourth-order valence-corrected chi connectivity index (χ4v) is 2.38. The highest BCUT2D eigenvalue weighted by Gasteiger charge is 2.25. The number of carbonyl (C=O) groups excluding carboxylic acids is 1. The van der Waals surface area contributed by atoms with Crippen LogP contribution in [0.2, 0.25) is 0 Å². The lowest BCUT2D eigenvalue weighted by Gasteiger charge is -2.29. The first-order chi connectivity index (χ1) is 7.69. The molecule has 0 spiro atoms. The molecule has 1 aliphatic rings. The minimum absolute atomic E-state index is 0.279. The van der Waals surface area contributed by atoms with E-state index in [9.17, 15) is 4.79 Å². The molecule has 0 saturated heterocycles. The maximum atomic E-state index is 11.4. The molecule has 1 unspecified atom stereocenters. The molecule has 1 atom stereocenters. The van der Waals surface area contributed by atoms with Crippen LogP contribution in [0.3, 0.4) is 0 Å². The van der Waals surface area contributed by atoms with Gasteiger partial charge in [0.25, 0.3) is 0 Å². The summed E-state index contributed by atoms with van der Waals surface area (Å²) in [5.41, 5.74) is 5.83. The lowest BCUT2D eigenvalue weighted by molar-refractivity contribution is -0.145. The van der Waals surface area contributed by atoms with Gasteiger partial charge >= 0.3 is 5.97 Å². The van der Waals surface area contributed by atoms with Crippen molar-refractivity contribution in [1.29, 1.82) is 0 Å². The van der Waals surface area contributed by atoms with Crippen molar-refractivity contribution < 1.29 is 9.53 Å². The summed E-state index contributed by atoms with van der Waals surface area (Å²) in [7, 11) is 0. The Kier molecular flexibility index (Phi) is 5.77. The van der Waals surface area contributed by atoms with Crippen molar-refractivity contribution in [2.75, 3.05) is 19.7 Å². The maximum Gasteiger partial charge on any atom is 0.324 e. The average molecular weight is 228 g/mol. The molecule has 1 rings (SSSR count). The van der Waals surface area contributed by atoms with E-state index in [1.54, 1.807) is 6.92 Å². The third-order valence-electron chi connectivity index (χ3n) is 3.27. The number of nitrogens with zero attached hydrogens (tertiary/aromatic N) is 1. The Morgan fingerprint density at radius 3 is 2.56 bits per heavy atom. The predicted molar refractivity (Wildman–Crippen MR) is 64.1 cm³/mol. The molecule has 16 heavy (non-hydrogen) atoms. The van der Waals surface area contributed by atoms with Gasteiger partial charge in [-0.1, -0.05) is 19.8 Å². The summed E-state index contributed by atoms with van der Waals surface area (Å²) in [6.07, 6.45) is 5.08. The molecule has 2 N–H and O–H groups in total. The molecule has 0 aliphatic heterocycles. The van der Waals surface area contributed by atoms with Crippen molar-refractivity contribution in [3.8, 4) is 0 Å². The highest BCUT2D eigenvalue weighted by atomic mass is 16.5. The van der Waals surface area contributed by atoms with Crippen molar-refractivity contribution in [3.05, 3.63) is 0 Å². The van der Waals surface area contributed by atoms with Crippen LogP contribution in [0.5, 0.6) is 0 Å². The number of nitrogens with two attached hydrogens (primary N) is 1. The zero-order chi connectivity index (χ0) is 12.0. The minimum Gasteiger partial charge on any atom is -0.465 e. The van der Waals surface area contributed by atoms with Crippen molar-refractivity contribution in [1.82, 2.24) is 4.90 Å². The topological polar surface area (TPSA) is 55.6 Å². The molecule has 4 nitrogen and oxygen atoms in total. The van der Waals surface area contributed by atoms with Crippen molar-refractivity contribution in [2.45, 2.75) is 51.6 Å². The number of esters is 1. The van der Waals surface area contributed by atoms with Crippen molar-refractivity contribution >= 4 is 5.97 Å². The van der Waals surface area contributed by atoms with Gasteiger partial charge in [-0.3, -0.25) is 9.69 Å². The normalized spacial score (nSPS) is 19.0. The van der Waals surface area contributed by atoms with E-state index in [4.69, 9.17) is 10.5 Å². The Bertz CT molecular complexity index is 215. The van der Waals surface area contributed by atoms with E-state index in [1.807, 2.05) is 0 Å². The SMILES string of the molecule is CCOC(=O)C(N)CN(CC)C1CCCC1. The molecule has 1 aliphatic carbocycles. The second kappa shape index (κ2) is 6.86. The van der Waals surface area contributed by atoms with E-state index in [0.717, 1.165) is 6.54 Å². The van der Waals surface area contributed by atoms with Crippen molar-refractivity contribution in [2.24, 2.45) is 5.73 Å². The smallest absolute Gasteiger partial charge is 0.324 e. The summed E-state index contributed by atoms with van der Waals surface area (Å²) >= 11 is 0. The number of carbonyl (C=O) groups is 1. The molecule has 1 fully saturated rings. The molecule has 0 heterocycles. The quantitative estimate of drug-likeness (QED) is 0.693. The number of likely N-dealkylation sites (N-methyl/N-ethyl adjacent to an activating group) is 1. The van der Waals surface area contributed by atoms with Gasteiger partial charge < -0.3 is 10.5 Å². The molecule has 1 saturated carbocycles. The van der Waals surface area contributed by atoms with Gasteiger partial charge in [0.2, 0.25) is 0 Å². The van der Waals surface area contributed by atoms with Crippen LogP contribution in [0.1, 0.15) is 39.5 Å². The molecular weight excluding hydrogens is 204 g/mol. The van der Waals surface area contributed by atoms with Gasteiger partial charge in [-0.25, -0.2) is 0 Å². The molecule has 94 valence electrons. The van der Waals surface area contributed by atoms with E-state index < -0.39 is 6.04 Å². The second-order valence-electron chi connectivity index (χ2n) is 4.38. The molecular formula is C12H24N2O2. The van der Waals surface area contributed by atoms with Gasteiger partial charge in [-0.15, -0.1) is 0 Å². The van der Waals surface area contributed by atoms with Gasteiger partial charge in [0.1, 0.15) is 6.04 Å². The summed E-state index contributed by atoms with van der Waals surface area (Å²) in [4.78, 5) is 13.7. The number of ether oxygens (including phenoxy) is 1. The molecule has 0 radical (unpaired) electrons. The van der Waals surface area contributed by atoms with Crippen LogP contribution >= 0.6 is 0 Å². The van der Waals surface area contributed by atoms with E-state index in [1.165, 1.54) is 25.7 Å². The van der Waals surface area contributed by atoms with Crippen LogP contribution in [0.25, 0.3) is 0 Å². The van der Waals surface area contributed by atoms with E-state index in [2.05, 4.69) is 11.8 Å². The summed E-state index contributed by atoms with van der Waals surface area (Å²) < 4.78 is 4.92. The first-order valence-electron chi connectivity index (χ1n) is 6.35. The van der Waals surface area contributed by atoms with Crippen LogP contribution in [0, 0.1) is 0 Å². The third-order valence-corrected chi connectivity index (χ3v) is 3.27. The van der Waals surface area contributed by atoms with Crippen LogP contribution in [-0.4, -0.2) is 42.6 Å². The number of hydrogen-bond acceptors (Lipinski definition) is 4. The Hall–Kier alpha value is -0.610. The lowest BCUT2D eigenvalue weighted by Crippen LogP contribution is -2.46. The predicted octanol–water partition coefficient (Wildman–Crippen LogP) is 1.14. The van der Waals surface area contributed by atoms with E-state index >= 15 is 0 Å². The van der Waals surface area contributed by atoms with Gasteiger partial charge in [-0.05, 0) is 26.3 Å². The van der Waals surface area contributed by atoms with E-state index in [0.29, 0.717) is 19.2 Å². The lowest BCUT2D eigenvalue weighted by atomic mass is 10.2. The second-order valence-corrected chi connectivity index (χ2v) is 4.38. The Balaban J connectivity index is 2.39. The first-order valence-corrected chi connectivity index (χ1v) is 6.35. The number of rotatable bonds is 6. The van der Waals surface area contributed by atoms with E-state index in [-0.39, 0.29) is 5.97 Å². The fraction of sp³-hybridized carbons (Fsp3) is 0.917. The van der Waals surface area contributed by atoms with Crippen LogP contribution in [0.15, 0.2) is 0 Å².